The van der Waals surface area contributed by atoms with Crippen molar-refractivity contribution in [1.29, 1.82) is 0 Å². The topological polar surface area (TPSA) is 62.7 Å². The van der Waals surface area contributed by atoms with Crippen molar-refractivity contribution in [3.63, 3.8) is 0 Å². The van der Waals surface area contributed by atoms with Crippen LogP contribution in [0.15, 0.2) is 24.7 Å². The molecule has 84 valence electrons. The molecular weight excluding hydrogens is 204 g/mol. The number of aryl methyl sites for hydroxylation is 2. The molecule has 0 saturated heterocycles. The van der Waals surface area contributed by atoms with Crippen LogP contribution in [0.5, 0.6) is 0 Å². The third-order valence-electron chi connectivity index (χ3n) is 2.42. The molecule has 0 aliphatic rings. The van der Waals surface area contributed by atoms with Gasteiger partial charge in [0.1, 0.15) is 0 Å². The van der Waals surface area contributed by atoms with Crippen LogP contribution in [0.3, 0.4) is 0 Å². The van der Waals surface area contributed by atoms with Gasteiger partial charge in [-0.3, -0.25) is 9.89 Å². The van der Waals surface area contributed by atoms with Crippen LogP contribution < -0.4 is 5.32 Å². The predicted molar refractivity (Wildman–Crippen MR) is 59.9 cm³/mol. The Kier molecular flexibility index (Phi) is 2.76. The molecule has 5 nitrogen and oxygen atoms in total. The lowest BCUT2D eigenvalue weighted by Crippen LogP contribution is -2.22. The molecule has 0 spiro atoms. The van der Waals surface area contributed by atoms with E-state index < -0.39 is 0 Å². The molecule has 2 aromatic rings. The standard InChI is InChI=1S/C11H14N4O/c1-8-10(6-13-14-8)11(16)12-5-9-3-4-15(2)7-9/h3-4,6-7H,5H2,1-2H3,(H,12,16)(H,13,14). The second-order valence-electron chi connectivity index (χ2n) is 3.78. The fourth-order valence-electron chi connectivity index (χ4n) is 1.52. The molecule has 0 aromatic carbocycles. The molecule has 0 fully saturated rings. The number of amides is 1. The number of carbonyl (C=O) groups excluding carboxylic acids is 1. The first-order valence-electron chi connectivity index (χ1n) is 5.06. The molecule has 0 unspecified atom stereocenters. The van der Waals surface area contributed by atoms with Crippen molar-refractivity contribution in [1.82, 2.24) is 20.1 Å². The zero-order valence-electron chi connectivity index (χ0n) is 9.32. The summed E-state index contributed by atoms with van der Waals surface area (Å²) >= 11 is 0. The van der Waals surface area contributed by atoms with Gasteiger partial charge in [-0.15, -0.1) is 0 Å². The van der Waals surface area contributed by atoms with Crippen LogP contribution in [0.4, 0.5) is 0 Å². The molecule has 2 N–H and O–H groups in total. The summed E-state index contributed by atoms with van der Waals surface area (Å²) in [6, 6.07) is 1.97. The van der Waals surface area contributed by atoms with E-state index in [-0.39, 0.29) is 5.91 Å². The number of hydrogen-bond acceptors (Lipinski definition) is 2. The third-order valence-corrected chi connectivity index (χ3v) is 2.42. The number of aromatic nitrogens is 3. The maximum absolute atomic E-state index is 11.7. The van der Waals surface area contributed by atoms with E-state index in [0.29, 0.717) is 12.1 Å². The van der Waals surface area contributed by atoms with Gasteiger partial charge >= 0.3 is 0 Å². The van der Waals surface area contributed by atoms with Crippen molar-refractivity contribution in [3.8, 4) is 0 Å². The van der Waals surface area contributed by atoms with E-state index in [1.807, 2.05) is 37.0 Å². The van der Waals surface area contributed by atoms with Crippen LogP contribution in [-0.2, 0) is 13.6 Å². The van der Waals surface area contributed by atoms with E-state index in [0.717, 1.165) is 11.3 Å². The third kappa shape index (κ3) is 2.13. The number of nitrogens with one attached hydrogen (secondary N) is 2. The van der Waals surface area contributed by atoms with Gasteiger partial charge in [0.25, 0.3) is 5.91 Å². The average Bonchev–Trinajstić information content (AvgIpc) is 2.84. The molecule has 0 radical (unpaired) electrons. The molecule has 5 heteroatoms. The van der Waals surface area contributed by atoms with E-state index in [1.54, 1.807) is 0 Å². The lowest BCUT2D eigenvalue weighted by Gasteiger charge is -2.02. The summed E-state index contributed by atoms with van der Waals surface area (Å²) in [5, 5.41) is 9.39. The maximum Gasteiger partial charge on any atom is 0.255 e. The fraction of sp³-hybridized carbons (Fsp3) is 0.273. The number of carbonyl (C=O) groups is 1. The summed E-state index contributed by atoms with van der Waals surface area (Å²) in [6.07, 6.45) is 5.46. The van der Waals surface area contributed by atoms with Crippen molar-refractivity contribution in [2.24, 2.45) is 7.05 Å². The van der Waals surface area contributed by atoms with Crippen LogP contribution in [0, 0.1) is 6.92 Å². The molecule has 0 aliphatic carbocycles. The van der Waals surface area contributed by atoms with Gasteiger partial charge in [-0.25, -0.2) is 0 Å². The molecule has 0 bridgehead atoms. The first-order chi connectivity index (χ1) is 7.66. The molecule has 0 saturated carbocycles. The fourth-order valence-corrected chi connectivity index (χ4v) is 1.52. The zero-order valence-corrected chi connectivity index (χ0v) is 9.32. The summed E-state index contributed by atoms with van der Waals surface area (Å²) in [5.74, 6) is -0.102. The van der Waals surface area contributed by atoms with Crippen molar-refractivity contribution in [3.05, 3.63) is 41.5 Å². The van der Waals surface area contributed by atoms with E-state index in [4.69, 9.17) is 0 Å². The monoisotopic (exact) mass is 218 g/mol. The Morgan fingerprint density at radius 1 is 1.62 bits per heavy atom. The van der Waals surface area contributed by atoms with Gasteiger partial charge in [0.05, 0.1) is 11.8 Å². The van der Waals surface area contributed by atoms with Gasteiger partial charge in [-0.05, 0) is 18.6 Å². The first-order valence-corrected chi connectivity index (χ1v) is 5.06. The molecule has 1 amide bonds. The van der Waals surface area contributed by atoms with Crippen molar-refractivity contribution in [2.45, 2.75) is 13.5 Å². The molecule has 0 aliphatic heterocycles. The molecule has 16 heavy (non-hydrogen) atoms. The smallest absolute Gasteiger partial charge is 0.255 e. The Labute approximate surface area is 93.5 Å². The van der Waals surface area contributed by atoms with Crippen LogP contribution in [0.2, 0.25) is 0 Å². The Morgan fingerprint density at radius 2 is 2.44 bits per heavy atom. The molecule has 2 heterocycles. The summed E-state index contributed by atoms with van der Waals surface area (Å²) in [4.78, 5) is 11.7. The minimum absolute atomic E-state index is 0.102. The first kappa shape index (κ1) is 10.5. The van der Waals surface area contributed by atoms with Gasteiger partial charge in [-0.1, -0.05) is 0 Å². The number of H-pyrrole nitrogens is 1. The number of nitrogens with zero attached hydrogens (tertiary/aromatic N) is 2. The molecule has 2 rings (SSSR count). The second-order valence-corrected chi connectivity index (χ2v) is 3.78. The molecular formula is C11H14N4O. The molecule has 2 aromatic heterocycles. The van der Waals surface area contributed by atoms with Crippen LogP contribution in [0.1, 0.15) is 21.6 Å². The maximum atomic E-state index is 11.7. The Hall–Kier alpha value is -2.04. The van der Waals surface area contributed by atoms with E-state index in [9.17, 15) is 4.79 Å². The summed E-state index contributed by atoms with van der Waals surface area (Å²) in [5.41, 5.74) is 2.46. The van der Waals surface area contributed by atoms with Crippen molar-refractivity contribution in [2.75, 3.05) is 0 Å². The van der Waals surface area contributed by atoms with Gasteiger partial charge in [0.15, 0.2) is 0 Å². The predicted octanol–water partition coefficient (Wildman–Crippen LogP) is 0.987. The Bertz CT molecular complexity index is 498. The highest BCUT2D eigenvalue weighted by molar-refractivity contribution is 5.94. The largest absolute Gasteiger partial charge is 0.357 e. The van der Waals surface area contributed by atoms with E-state index in [2.05, 4.69) is 15.5 Å². The van der Waals surface area contributed by atoms with Crippen LogP contribution in [0.25, 0.3) is 0 Å². The lowest BCUT2D eigenvalue weighted by atomic mass is 10.2. The molecule has 0 atom stereocenters. The zero-order chi connectivity index (χ0) is 11.5. The second kappa shape index (κ2) is 4.22. The quantitative estimate of drug-likeness (QED) is 0.806. The summed E-state index contributed by atoms with van der Waals surface area (Å²) in [7, 11) is 1.95. The van der Waals surface area contributed by atoms with Crippen LogP contribution >= 0.6 is 0 Å². The van der Waals surface area contributed by atoms with E-state index in [1.165, 1.54) is 6.20 Å². The van der Waals surface area contributed by atoms with E-state index >= 15 is 0 Å². The highest BCUT2D eigenvalue weighted by Crippen LogP contribution is 2.03. The van der Waals surface area contributed by atoms with Gasteiger partial charge < -0.3 is 9.88 Å². The minimum Gasteiger partial charge on any atom is -0.357 e. The van der Waals surface area contributed by atoms with Crippen molar-refractivity contribution >= 4 is 5.91 Å². The highest BCUT2D eigenvalue weighted by atomic mass is 16.1. The van der Waals surface area contributed by atoms with Gasteiger partial charge in [-0.2, -0.15) is 5.10 Å². The Balaban J connectivity index is 1.96. The van der Waals surface area contributed by atoms with Gasteiger partial charge in [0.2, 0.25) is 0 Å². The minimum atomic E-state index is -0.102. The number of aromatic amines is 1. The number of hydrogen-bond donors (Lipinski definition) is 2. The lowest BCUT2D eigenvalue weighted by molar-refractivity contribution is 0.0950. The normalized spacial score (nSPS) is 10.4. The van der Waals surface area contributed by atoms with Gasteiger partial charge in [0, 0.05) is 31.7 Å². The SMILES string of the molecule is Cc1[nH]ncc1C(=O)NCc1ccn(C)c1. The Morgan fingerprint density at radius 3 is 3.00 bits per heavy atom. The summed E-state index contributed by atoms with van der Waals surface area (Å²) in [6.45, 7) is 2.36. The summed E-state index contributed by atoms with van der Waals surface area (Å²) < 4.78 is 1.95. The van der Waals surface area contributed by atoms with Crippen LogP contribution in [-0.4, -0.2) is 20.7 Å². The highest BCUT2D eigenvalue weighted by Gasteiger charge is 2.09. The van der Waals surface area contributed by atoms with Crippen molar-refractivity contribution < 1.29 is 4.79 Å². The number of rotatable bonds is 3. The average molecular weight is 218 g/mol.